The standard InChI is InChI=1S/C18H28N4O3/c1-11(17(25-3)12-4-6-13(24-2)7-5-12)20-18(23)16-14-10-19-9-8-15(14)21-22-16/h4-7,11,14-17,19,21-22H,8-10H2,1-3H3,(H,20,23). The van der Waals surface area contributed by atoms with Crippen LogP contribution in [-0.2, 0) is 9.53 Å². The third-order valence-electron chi connectivity index (χ3n) is 5.19. The summed E-state index contributed by atoms with van der Waals surface area (Å²) >= 11 is 0. The quantitative estimate of drug-likeness (QED) is 0.594. The van der Waals surface area contributed by atoms with Crippen LogP contribution in [0.25, 0.3) is 0 Å². The van der Waals surface area contributed by atoms with Crippen LogP contribution in [0.5, 0.6) is 5.75 Å². The molecule has 7 heteroatoms. The van der Waals surface area contributed by atoms with Gasteiger partial charge in [-0.1, -0.05) is 12.1 Å². The van der Waals surface area contributed by atoms with Crippen LogP contribution in [0.1, 0.15) is 25.0 Å². The maximum absolute atomic E-state index is 12.7. The van der Waals surface area contributed by atoms with E-state index in [-0.39, 0.29) is 30.0 Å². The summed E-state index contributed by atoms with van der Waals surface area (Å²) in [4.78, 5) is 12.7. The Bertz CT molecular complexity index is 580. The summed E-state index contributed by atoms with van der Waals surface area (Å²) in [5, 5.41) is 6.48. The molecule has 5 atom stereocenters. The SMILES string of the molecule is COc1ccc(C(OC)C(C)NC(=O)C2NNC3CCNCC32)cc1. The van der Waals surface area contributed by atoms with Gasteiger partial charge in [-0.3, -0.25) is 10.2 Å². The zero-order chi connectivity index (χ0) is 17.8. The van der Waals surface area contributed by atoms with Gasteiger partial charge in [-0.05, 0) is 37.6 Å². The Morgan fingerprint density at radius 2 is 2.00 bits per heavy atom. The Morgan fingerprint density at radius 1 is 1.24 bits per heavy atom. The van der Waals surface area contributed by atoms with Gasteiger partial charge in [-0.2, -0.15) is 0 Å². The molecule has 0 saturated carbocycles. The third-order valence-corrected chi connectivity index (χ3v) is 5.19. The summed E-state index contributed by atoms with van der Waals surface area (Å²) in [5.74, 6) is 1.07. The smallest absolute Gasteiger partial charge is 0.239 e. The first-order valence-corrected chi connectivity index (χ1v) is 8.83. The van der Waals surface area contributed by atoms with Crippen LogP contribution < -0.4 is 26.2 Å². The lowest BCUT2D eigenvalue weighted by Gasteiger charge is -2.29. The molecule has 0 spiro atoms. The van der Waals surface area contributed by atoms with Crippen LogP contribution in [-0.4, -0.2) is 51.3 Å². The minimum Gasteiger partial charge on any atom is -0.497 e. The highest BCUT2D eigenvalue weighted by molar-refractivity contribution is 5.83. The molecule has 4 N–H and O–H groups in total. The predicted octanol–water partition coefficient (Wildman–Crippen LogP) is 0.342. The summed E-state index contributed by atoms with van der Waals surface area (Å²) in [7, 11) is 3.30. The first-order valence-electron chi connectivity index (χ1n) is 8.83. The van der Waals surface area contributed by atoms with Gasteiger partial charge in [0, 0.05) is 25.6 Å². The largest absolute Gasteiger partial charge is 0.497 e. The summed E-state index contributed by atoms with van der Waals surface area (Å²) in [5.41, 5.74) is 7.42. The van der Waals surface area contributed by atoms with E-state index >= 15 is 0 Å². The molecule has 1 aromatic rings. The minimum absolute atomic E-state index is 0.00626. The second-order valence-corrected chi connectivity index (χ2v) is 6.76. The van der Waals surface area contributed by atoms with Crippen LogP contribution in [0.15, 0.2) is 24.3 Å². The summed E-state index contributed by atoms with van der Waals surface area (Å²) in [6, 6.07) is 7.70. The molecular weight excluding hydrogens is 320 g/mol. The van der Waals surface area contributed by atoms with E-state index in [0.717, 1.165) is 30.8 Å². The van der Waals surface area contributed by atoms with Crippen molar-refractivity contribution in [3.05, 3.63) is 29.8 Å². The Balaban J connectivity index is 1.62. The van der Waals surface area contributed by atoms with Crippen LogP contribution in [0.3, 0.4) is 0 Å². The van der Waals surface area contributed by atoms with Gasteiger partial charge in [-0.25, -0.2) is 5.43 Å². The van der Waals surface area contributed by atoms with E-state index in [1.807, 2.05) is 31.2 Å². The fourth-order valence-corrected chi connectivity index (χ4v) is 3.79. The highest BCUT2D eigenvalue weighted by Crippen LogP contribution is 2.24. The van der Waals surface area contributed by atoms with Crippen molar-refractivity contribution in [1.29, 1.82) is 0 Å². The molecule has 2 aliphatic heterocycles. The van der Waals surface area contributed by atoms with Crippen molar-refractivity contribution in [3.8, 4) is 5.75 Å². The summed E-state index contributed by atoms with van der Waals surface area (Å²) < 4.78 is 10.8. The highest BCUT2D eigenvalue weighted by Gasteiger charge is 2.41. The number of benzene rings is 1. The molecule has 2 heterocycles. The number of fused-ring (bicyclic) bond motifs is 1. The van der Waals surface area contributed by atoms with Crippen molar-refractivity contribution < 1.29 is 14.3 Å². The summed E-state index contributed by atoms with van der Waals surface area (Å²) in [6.07, 6.45) is 0.813. The fraction of sp³-hybridized carbons (Fsp3) is 0.611. The number of hydrogen-bond donors (Lipinski definition) is 4. The van der Waals surface area contributed by atoms with Crippen molar-refractivity contribution >= 4 is 5.91 Å². The van der Waals surface area contributed by atoms with Gasteiger partial charge < -0.3 is 20.1 Å². The van der Waals surface area contributed by atoms with Crippen LogP contribution >= 0.6 is 0 Å². The Morgan fingerprint density at radius 3 is 2.68 bits per heavy atom. The molecule has 0 aliphatic carbocycles. The van der Waals surface area contributed by atoms with Crippen LogP contribution in [0.2, 0.25) is 0 Å². The number of nitrogens with one attached hydrogen (secondary N) is 4. The van der Waals surface area contributed by atoms with Crippen molar-refractivity contribution in [2.24, 2.45) is 5.92 Å². The Kier molecular flexibility index (Phi) is 5.90. The number of hydrazine groups is 1. The molecule has 3 rings (SSSR count). The lowest BCUT2D eigenvalue weighted by atomic mass is 9.89. The van der Waals surface area contributed by atoms with E-state index in [4.69, 9.17) is 9.47 Å². The molecule has 1 aromatic carbocycles. The molecular formula is C18H28N4O3. The van der Waals surface area contributed by atoms with Gasteiger partial charge in [0.25, 0.3) is 0 Å². The number of piperidine rings is 1. The molecule has 5 unspecified atom stereocenters. The predicted molar refractivity (Wildman–Crippen MR) is 95.2 cm³/mol. The van der Waals surface area contributed by atoms with Crippen molar-refractivity contribution in [3.63, 3.8) is 0 Å². The second-order valence-electron chi connectivity index (χ2n) is 6.76. The lowest BCUT2D eigenvalue weighted by molar-refractivity contribution is -0.125. The molecule has 0 aromatic heterocycles. The number of carbonyl (C=O) groups excluding carboxylic acids is 1. The second kappa shape index (κ2) is 8.14. The topological polar surface area (TPSA) is 83.7 Å². The number of ether oxygens (including phenoxy) is 2. The van der Waals surface area contributed by atoms with Gasteiger partial charge in [-0.15, -0.1) is 0 Å². The monoisotopic (exact) mass is 348 g/mol. The first-order chi connectivity index (χ1) is 12.1. The maximum atomic E-state index is 12.7. The normalized spacial score (nSPS) is 28.0. The molecule has 1 amide bonds. The van der Waals surface area contributed by atoms with E-state index in [2.05, 4.69) is 21.5 Å². The van der Waals surface area contributed by atoms with Crippen LogP contribution in [0, 0.1) is 5.92 Å². The average molecular weight is 348 g/mol. The molecule has 138 valence electrons. The van der Waals surface area contributed by atoms with Gasteiger partial charge in [0.2, 0.25) is 5.91 Å². The first kappa shape index (κ1) is 18.1. The number of amides is 1. The average Bonchev–Trinajstić information content (AvgIpc) is 3.07. The van der Waals surface area contributed by atoms with Gasteiger partial charge in [0.15, 0.2) is 0 Å². The van der Waals surface area contributed by atoms with Crippen LogP contribution in [0.4, 0.5) is 0 Å². The molecule has 2 saturated heterocycles. The number of rotatable bonds is 6. The van der Waals surface area contributed by atoms with Gasteiger partial charge in [0.1, 0.15) is 17.9 Å². The number of hydrogen-bond acceptors (Lipinski definition) is 6. The molecule has 7 nitrogen and oxygen atoms in total. The number of carbonyl (C=O) groups is 1. The van der Waals surface area contributed by atoms with E-state index in [9.17, 15) is 4.79 Å². The highest BCUT2D eigenvalue weighted by atomic mass is 16.5. The maximum Gasteiger partial charge on any atom is 0.239 e. The summed E-state index contributed by atoms with van der Waals surface area (Å²) in [6.45, 7) is 3.81. The fourth-order valence-electron chi connectivity index (χ4n) is 3.79. The molecule has 2 fully saturated rings. The minimum atomic E-state index is -0.228. The van der Waals surface area contributed by atoms with E-state index in [1.165, 1.54) is 0 Å². The zero-order valence-corrected chi connectivity index (χ0v) is 15.0. The van der Waals surface area contributed by atoms with Crippen molar-refractivity contribution in [2.45, 2.75) is 37.6 Å². The third kappa shape index (κ3) is 3.95. The van der Waals surface area contributed by atoms with Crippen molar-refractivity contribution in [1.82, 2.24) is 21.5 Å². The number of methoxy groups -OCH3 is 2. The lowest BCUT2D eigenvalue weighted by Crippen LogP contribution is -2.52. The van der Waals surface area contributed by atoms with Gasteiger partial charge in [0.05, 0.1) is 13.2 Å². The molecule has 0 bridgehead atoms. The Labute approximate surface area is 148 Å². The molecule has 0 radical (unpaired) electrons. The Hall–Kier alpha value is -1.67. The van der Waals surface area contributed by atoms with E-state index in [1.54, 1.807) is 14.2 Å². The van der Waals surface area contributed by atoms with E-state index in [0.29, 0.717) is 6.04 Å². The molecule has 25 heavy (non-hydrogen) atoms. The van der Waals surface area contributed by atoms with E-state index < -0.39 is 0 Å². The zero-order valence-electron chi connectivity index (χ0n) is 15.0. The van der Waals surface area contributed by atoms with Gasteiger partial charge >= 0.3 is 0 Å². The van der Waals surface area contributed by atoms with Crippen molar-refractivity contribution in [2.75, 3.05) is 27.3 Å². The molecule has 2 aliphatic rings.